The molecule has 0 spiro atoms. The van der Waals surface area contributed by atoms with E-state index >= 15 is 0 Å². The smallest absolute Gasteiger partial charge is 0.331 e. The molecule has 0 heterocycles. The lowest BCUT2D eigenvalue weighted by Gasteiger charge is -2.16. The molecule has 1 atom stereocenters. The zero-order valence-corrected chi connectivity index (χ0v) is 11.9. The predicted octanol–water partition coefficient (Wildman–Crippen LogP) is 4.08. The van der Waals surface area contributed by atoms with Crippen LogP contribution in [0.4, 0.5) is 0 Å². The summed E-state index contributed by atoms with van der Waals surface area (Å²) < 4.78 is 5.41. The minimum Gasteiger partial charge on any atom is -0.447 e. The van der Waals surface area contributed by atoms with Gasteiger partial charge in [-0.25, -0.2) is 4.79 Å². The Labute approximate surface area is 123 Å². The summed E-state index contributed by atoms with van der Waals surface area (Å²) in [4.78, 5) is 12.5. The molecule has 0 aliphatic heterocycles. The molecule has 0 aliphatic rings. The lowest BCUT2D eigenvalue weighted by atomic mass is 10.2. The van der Waals surface area contributed by atoms with E-state index < -0.39 is 5.97 Å². The quantitative estimate of drug-likeness (QED) is 0.346. The van der Waals surface area contributed by atoms with Crippen LogP contribution >= 0.6 is 11.8 Å². The van der Waals surface area contributed by atoms with Crippen molar-refractivity contribution in [2.45, 2.75) is 16.8 Å². The maximum Gasteiger partial charge on any atom is 0.331 e. The summed E-state index contributed by atoms with van der Waals surface area (Å²) in [5.74, 6) is -0.394. The maximum atomic E-state index is 11.4. The molecule has 0 saturated carbocycles. The van der Waals surface area contributed by atoms with Gasteiger partial charge in [-0.1, -0.05) is 66.9 Å². The summed E-state index contributed by atoms with van der Waals surface area (Å²) >= 11 is 1.54. The molecule has 0 saturated heterocycles. The summed E-state index contributed by atoms with van der Waals surface area (Å²) in [5, 5.41) is 0. The van der Waals surface area contributed by atoms with Crippen LogP contribution in [0.3, 0.4) is 0 Å². The molecule has 2 rings (SSSR count). The molecule has 2 nitrogen and oxygen atoms in total. The first kappa shape index (κ1) is 14.4. The van der Waals surface area contributed by atoms with Gasteiger partial charge < -0.3 is 4.74 Å². The number of carbonyl (C=O) groups is 1. The van der Waals surface area contributed by atoms with Crippen LogP contribution in [0, 0.1) is 0 Å². The zero-order chi connectivity index (χ0) is 14.2. The molecule has 0 bridgehead atoms. The number of hydrogen-bond acceptors (Lipinski definition) is 3. The Balaban J connectivity index is 2.08. The summed E-state index contributed by atoms with van der Waals surface area (Å²) in [6.45, 7) is 3.44. The SMILES string of the molecule is C=CC(=O)OC(Cc1ccccc1)Sc1ccccc1. The van der Waals surface area contributed by atoms with E-state index in [0.29, 0.717) is 6.42 Å². The molecular formula is C17H16O2S. The van der Waals surface area contributed by atoms with Crippen LogP contribution < -0.4 is 0 Å². The van der Waals surface area contributed by atoms with Crippen molar-refractivity contribution in [2.24, 2.45) is 0 Å². The van der Waals surface area contributed by atoms with Gasteiger partial charge in [-0.3, -0.25) is 0 Å². The first-order valence-corrected chi connectivity index (χ1v) is 7.24. The van der Waals surface area contributed by atoms with Gasteiger partial charge in [-0.2, -0.15) is 0 Å². The van der Waals surface area contributed by atoms with E-state index in [1.54, 1.807) is 0 Å². The van der Waals surface area contributed by atoms with Crippen molar-refractivity contribution in [2.75, 3.05) is 0 Å². The van der Waals surface area contributed by atoms with Crippen LogP contribution in [0.1, 0.15) is 5.56 Å². The Morgan fingerprint density at radius 2 is 1.70 bits per heavy atom. The molecule has 0 fully saturated rings. The number of carbonyl (C=O) groups excluding carboxylic acids is 1. The predicted molar refractivity (Wildman–Crippen MR) is 82.5 cm³/mol. The molecule has 102 valence electrons. The Bertz CT molecular complexity index is 510. The molecule has 1 unspecified atom stereocenters. The Kier molecular flexibility index (Phi) is 5.44. The molecular weight excluding hydrogens is 268 g/mol. The molecule has 0 amide bonds. The number of esters is 1. The van der Waals surface area contributed by atoms with Gasteiger partial charge in [0.2, 0.25) is 0 Å². The molecule has 3 heteroatoms. The second-order valence-corrected chi connectivity index (χ2v) is 5.42. The molecule has 0 N–H and O–H groups in total. The van der Waals surface area contributed by atoms with Crippen LogP contribution in [-0.4, -0.2) is 11.4 Å². The number of benzene rings is 2. The largest absolute Gasteiger partial charge is 0.447 e. The van der Waals surface area contributed by atoms with Crippen molar-refractivity contribution in [3.05, 3.63) is 78.9 Å². The monoisotopic (exact) mass is 284 g/mol. The van der Waals surface area contributed by atoms with E-state index in [2.05, 4.69) is 6.58 Å². The van der Waals surface area contributed by atoms with E-state index in [1.165, 1.54) is 17.8 Å². The summed E-state index contributed by atoms with van der Waals surface area (Å²) in [7, 11) is 0. The highest BCUT2D eigenvalue weighted by atomic mass is 32.2. The average molecular weight is 284 g/mol. The summed E-state index contributed by atoms with van der Waals surface area (Å²) in [5.41, 5.74) is 0.878. The fourth-order valence-electron chi connectivity index (χ4n) is 1.74. The molecule has 2 aromatic carbocycles. The van der Waals surface area contributed by atoms with Gasteiger partial charge in [0.05, 0.1) is 0 Å². The van der Waals surface area contributed by atoms with Crippen LogP contribution in [0.25, 0.3) is 0 Å². The van der Waals surface area contributed by atoms with Crippen LogP contribution in [0.2, 0.25) is 0 Å². The van der Waals surface area contributed by atoms with Crippen LogP contribution in [-0.2, 0) is 16.0 Å². The minimum absolute atomic E-state index is 0.259. The third-order valence-corrected chi connectivity index (χ3v) is 3.74. The maximum absolute atomic E-state index is 11.4. The van der Waals surface area contributed by atoms with Gasteiger partial charge in [-0.15, -0.1) is 0 Å². The topological polar surface area (TPSA) is 26.3 Å². The Morgan fingerprint density at radius 1 is 1.10 bits per heavy atom. The standard InChI is InChI=1S/C17H16O2S/c1-2-16(18)19-17(13-14-9-5-3-6-10-14)20-15-11-7-4-8-12-15/h2-12,17H,1,13H2. The number of thioether (sulfide) groups is 1. The minimum atomic E-state index is -0.394. The molecule has 0 radical (unpaired) electrons. The fourth-order valence-corrected chi connectivity index (χ4v) is 2.78. The molecule has 2 aromatic rings. The van der Waals surface area contributed by atoms with E-state index in [1.807, 2.05) is 60.7 Å². The van der Waals surface area contributed by atoms with Gasteiger partial charge in [0.25, 0.3) is 0 Å². The van der Waals surface area contributed by atoms with Crippen LogP contribution in [0.5, 0.6) is 0 Å². The molecule has 20 heavy (non-hydrogen) atoms. The molecule has 0 aliphatic carbocycles. The lowest BCUT2D eigenvalue weighted by Crippen LogP contribution is -2.15. The van der Waals surface area contributed by atoms with Crippen molar-refractivity contribution in [3.8, 4) is 0 Å². The lowest BCUT2D eigenvalue weighted by molar-refractivity contribution is -0.139. The number of ether oxygens (including phenoxy) is 1. The van der Waals surface area contributed by atoms with Gasteiger partial charge >= 0.3 is 5.97 Å². The second-order valence-electron chi connectivity index (χ2n) is 4.19. The van der Waals surface area contributed by atoms with Crippen molar-refractivity contribution in [3.63, 3.8) is 0 Å². The van der Waals surface area contributed by atoms with Crippen molar-refractivity contribution >= 4 is 17.7 Å². The van der Waals surface area contributed by atoms with E-state index in [-0.39, 0.29) is 5.44 Å². The van der Waals surface area contributed by atoms with Gasteiger partial charge in [0, 0.05) is 17.4 Å². The van der Waals surface area contributed by atoms with Crippen molar-refractivity contribution in [1.29, 1.82) is 0 Å². The van der Waals surface area contributed by atoms with Crippen molar-refractivity contribution in [1.82, 2.24) is 0 Å². The zero-order valence-electron chi connectivity index (χ0n) is 11.1. The average Bonchev–Trinajstić information content (AvgIpc) is 2.49. The van der Waals surface area contributed by atoms with Gasteiger partial charge in [0.15, 0.2) is 5.44 Å². The second kappa shape index (κ2) is 7.56. The Morgan fingerprint density at radius 3 is 2.30 bits per heavy atom. The summed E-state index contributed by atoms with van der Waals surface area (Å²) in [6.07, 6.45) is 1.86. The fraction of sp³-hybridized carbons (Fsp3) is 0.118. The van der Waals surface area contributed by atoms with E-state index in [0.717, 1.165) is 10.5 Å². The summed E-state index contributed by atoms with van der Waals surface area (Å²) in [6, 6.07) is 19.9. The molecule has 0 aromatic heterocycles. The number of hydrogen-bond donors (Lipinski definition) is 0. The first-order valence-electron chi connectivity index (χ1n) is 6.36. The van der Waals surface area contributed by atoms with Gasteiger partial charge in [-0.05, 0) is 17.7 Å². The third-order valence-electron chi connectivity index (χ3n) is 2.67. The van der Waals surface area contributed by atoms with Crippen molar-refractivity contribution < 1.29 is 9.53 Å². The van der Waals surface area contributed by atoms with Gasteiger partial charge in [0.1, 0.15) is 0 Å². The Hall–Kier alpha value is -2.00. The van der Waals surface area contributed by atoms with E-state index in [9.17, 15) is 4.79 Å². The number of rotatable bonds is 6. The highest BCUT2D eigenvalue weighted by Crippen LogP contribution is 2.26. The van der Waals surface area contributed by atoms with E-state index in [4.69, 9.17) is 4.74 Å². The highest BCUT2D eigenvalue weighted by Gasteiger charge is 2.15. The first-order chi connectivity index (χ1) is 9.78. The third kappa shape index (κ3) is 4.59. The van der Waals surface area contributed by atoms with Crippen LogP contribution in [0.15, 0.2) is 78.2 Å². The highest BCUT2D eigenvalue weighted by molar-refractivity contribution is 7.99. The normalized spacial score (nSPS) is 11.6.